The molecule has 1 N–H and O–H groups in total. The molecule has 2 unspecified atom stereocenters. The van der Waals surface area contributed by atoms with Crippen LogP contribution in [0.4, 0.5) is 0 Å². The molecule has 1 aliphatic carbocycles. The van der Waals surface area contributed by atoms with E-state index < -0.39 is 0 Å². The van der Waals surface area contributed by atoms with Gasteiger partial charge in [0.15, 0.2) is 0 Å². The van der Waals surface area contributed by atoms with Crippen molar-refractivity contribution in [3.8, 4) is 0 Å². The summed E-state index contributed by atoms with van der Waals surface area (Å²) in [7, 11) is 0. The minimum absolute atomic E-state index is 0.250. The van der Waals surface area contributed by atoms with Crippen LogP contribution in [0.5, 0.6) is 0 Å². The van der Waals surface area contributed by atoms with Crippen LogP contribution >= 0.6 is 11.3 Å². The second kappa shape index (κ2) is 5.78. The Hall–Kier alpha value is -0.380. The minimum Gasteiger partial charge on any atom is -0.378 e. The standard InChI is InChI=1S/C17H29NOS/c1-7-19-14-10-13(17(14,5)6)18-11-12-8-9-15(20-12)16(2,3)4/h8-9,13-14,18H,7,10-11H2,1-6H3. The first-order valence-corrected chi connectivity index (χ1v) is 8.51. The highest BCUT2D eigenvalue weighted by molar-refractivity contribution is 7.12. The molecular weight excluding hydrogens is 266 g/mol. The summed E-state index contributed by atoms with van der Waals surface area (Å²) in [5.74, 6) is 0. The topological polar surface area (TPSA) is 21.3 Å². The molecule has 0 saturated heterocycles. The molecule has 20 heavy (non-hydrogen) atoms. The van der Waals surface area contributed by atoms with Gasteiger partial charge in [-0.1, -0.05) is 34.6 Å². The van der Waals surface area contributed by atoms with Gasteiger partial charge in [-0.25, -0.2) is 0 Å². The van der Waals surface area contributed by atoms with Gasteiger partial charge in [-0.05, 0) is 30.9 Å². The highest BCUT2D eigenvalue weighted by Gasteiger charge is 2.48. The summed E-state index contributed by atoms with van der Waals surface area (Å²) in [5.41, 5.74) is 0.513. The molecule has 0 aliphatic heterocycles. The molecule has 1 fully saturated rings. The lowest BCUT2D eigenvalue weighted by Gasteiger charge is -2.51. The first-order valence-electron chi connectivity index (χ1n) is 7.69. The van der Waals surface area contributed by atoms with Crippen molar-refractivity contribution in [3.63, 3.8) is 0 Å². The molecule has 3 heteroatoms. The summed E-state index contributed by atoms with van der Waals surface area (Å²) in [5, 5.41) is 3.71. The van der Waals surface area contributed by atoms with E-state index in [1.165, 1.54) is 9.75 Å². The van der Waals surface area contributed by atoms with E-state index in [0.717, 1.165) is 19.6 Å². The van der Waals surface area contributed by atoms with E-state index >= 15 is 0 Å². The highest BCUT2D eigenvalue weighted by Crippen LogP contribution is 2.43. The van der Waals surface area contributed by atoms with E-state index in [9.17, 15) is 0 Å². The maximum Gasteiger partial charge on any atom is 0.0655 e. The summed E-state index contributed by atoms with van der Waals surface area (Å²) in [4.78, 5) is 2.90. The molecule has 0 amide bonds. The summed E-state index contributed by atoms with van der Waals surface area (Å²) in [6.07, 6.45) is 1.55. The van der Waals surface area contributed by atoms with Gasteiger partial charge in [0, 0.05) is 34.4 Å². The molecule has 1 aromatic rings. The molecule has 0 radical (unpaired) electrons. The maximum atomic E-state index is 5.79. The van der Waals surface area contributed by atoms with Gasteiger partial charge in [-0.3, -0.25) is 0 Å². The van der Waals surface area contributed by atoms with Gasteiger partial charge >= 0.3 is 0 Å². The number of nitrogens with one attached hydrogen (secondary N) is 1. The zero-order valence-corrected chi connectivity index (χ0v) is 14.6. The number of thiophene rings is 1. The molecular formula is C17H29NOS. The van der Waals surface area contributed by atoms with Gasteiger partial charge in [0.25, 0.3) is 0 Å². The van der Waals surface area contributed by atoms with Gasteiger partial charge in [-0.2, -0.15) is 0 Å². The van der Waals surface area contributed by atoms with E-state index in [2.05, 4.69) is 59.0 Å². The second-order valence-corrected chi connectivity index (χ2v) is 8.62. The van der Waals surface area contributed by atoms with Gasteiger partial charge in [0.05, 0.1) is 6.10 Å². The smallest absolute Gasteiger partial charge is 0.0655 e. The number of rotatable bonds is 5. The van der Waals surface area contributed by atoms with E-state index in [0.29, 0.717) is 12.1 Å². The Labute approximate surface area is 127 Å². The third-order valence-electron chi connectivity index (χ3n) is 4.47. The summed E-state index contributed by atoms with van der Waals surface area (Å²) < 4.78 is 5.79. The fraction of sp³-hybridized carbons (Fsp3) is 0.765. The normalized spacial score (nSPS) is 25.5. The fourth-order valence-corrected chi connectivity index (χ4v) is 3.83. The zero-order chi connectivity index (χ0) is 15.0. The van der Waals surface area contributed by atoms with E-state index in [1.54, 1.807) is 0 Å². The van der Waals surface area contributed by atoms with E-state index in [4.69, 9.17) is 4.74 Å². The van der Waals surface area contributed by atoms with Crippen LogP contribution in [0.15, 0.2) is 12.1 Å². The van der Waals surface area contributed by atoms with Crippen LogP contribution in [0, 0.1) is 5.41 Å². The van der Waals surface area contributed by atoms with Gasteiger partial charge < -0.3 is 10.1 Å². The summed E-state index contributed by atoms with van der Waals surface area (Å²) >= 11 is 1.93. The Balaban J connectivity index is 1.86. The SMILES string of the molecule is CCOC1CC(NCc2ccc(C(C)(C)C)s2)C1(C)C. The van der Waals surface area contributed by atoms with Crippen molar-refractivity contribution < 1.29 is 4.74 Å². The van der Waals surface area contributed by atoms with Crippen molar-refractivity contribution in [2.24, 2.45) is 5.41 Å². The van der Waals surface area contributed by atoms with Gasteiger partial charge in [0.1, 0.15) is 0 Å². The van der Waals surface area contributed by atoms with Crippen LogP contribution in [0.25, 0.3) is 0 Å². The number of hydrogen-bond acceptors (Lipinski definition) is 3. The van der Waals surface area contributed by atoms with Crippen LogP contribution in [0.2, 0.25) is 0 Å². The Bertz CT molecular complexity index is 444. The lowest BCUT2D eigenvalue weighted by atomic mass is 9.64. The third kappa shape index (κ3) is 3.26. The predicted octanol–water partition coefficient (Wildman–Crippen LogP) is 4.34. The van der Waals surface area contributed by atoms with Crippen LogP contribution in [0.3, 0.4) is 0 Å². The molecule has 114 valence electrons. The first kappa shape index (κ1) is 16.0. The van der Waals surface area contributed by atoms with Crippen molar-refractivity contribution in [1.82, 2.24) is 5.32 Å². The molecule has 0 bridgehead atoms. The number of ether oxygens (including phenoxy) is 1. The molecule has 1 aromatic heterocycles. The maximum absolute atomic E-state index is 5.79. The average Bonchev–Trinajstić information content (AvgIpc) is 2.81. The van der Waals surface area contributed by atoms with Crippen LogP contribution in [0.1, 0.15) is 57.7 Å². The van der Waals surface area contributed by atoms with Gasteiger partial charge in [-0.15, -0.1) is 11.3 Å². The van der Waals surface area contributed by atoms with E-state index in [-0.39, 0.29) is 10.8 Å². The largest absolute Gasteiger partial charge is 0.378 e. The fourth-order valence-electron chi connectivity index (χ4n) is 2.82. The molecule has 1 aliphatic rings. The Morgan fingerprint density at radius 2 is 2.05 bits per heavy atom. The van der Waals surface area contributed by atoms with Crippen molar-refractivity contribution in [2.75, 3.05) is 6.61 Å². The monoisotopic (exact) mass is 295 g/mol. The Morgan fingerprint density at radius 1 is 1.35 bits per heavy atom. The third-order valence-corrected chi connectivity index (χ3v) is 5.98. The Morgan fingerprint density at radius 3 is 2.55 bits per heavy atom. The highest BCUT2D eigenvalue weighted by atomic mass is 32.1. The van der Waals surface area contributed by atoms with Crippen LogP contribution in [-0.2, 0) is 16.7 Å². The first-order chi connectivity index (χ1) is 9.25. The number of hydrogen-bond donors (Lipinski definition) is 1. The second-order valence-electron chi connectivity index (χ2n) is 7.45. The lowest BCUT2D eigenvalue weighted by Crippen LogP contribution is -2.60. The predicted molar refractivity (Wildman–Crippen MR) is 87.5 cm³/mol. The summed E-state index contributed by atoms with van der Waals surface area (Å²) in [6, 6.07) is 5.11. The zero-order valence-electron chi connectivity index (χ0n) is 13.7. The van der Waals surface area contributed by atoms with E-state index in [1.807, 2.05) is 11.3 Å². The quantitative estimate of drug-likeness (QED) is 0.872. The van der Waals surface area contributed by atoms with Crippen molar-refractivity contribution in [1.29, 1.82) is 0 Å². The molecule has 1 heterocycles. The molecule has 0 aromatic carbocycles. The average molecular weight is 295 g/mol. The molecule has 2 nitrogen and oxygen atoms in total. The minimum atomic E-state index is 0.250. The van der Waals surface area contributed by atoms with Crippen LogP contribution < -0.4 is 5.32 Å². The van der Waals surface area contributed by atoms with Crippen molar-refractivity contribution >= 4 is 11.3 Å². The molecule has 1 saturated carbocycles. The van der Waals surface area contributed by atoms with Gasteiger partial charge in [0.2, 0.25) is 0 Å². The molecule has 2 atom stereocenters. The van der Waals surface area contributed by atoms with Crippen molar-refractivity contribution in [2.45, 2.75) is 72.1 Å². The lowest BCUT2D eigenvalue weighted by molar-refractivity contribution is -0.114. The van der Waals surface area contributed by atoms with Crippen LogP contribution in [-0.4, -0.2) is 18.8 Å². The van der Waals surface area contributed by atoms with Crippen molar-refractivity contribution in [3.05, 3.63) is 21.9 Å². The molecule has 0 spiro atoms. The molecule has 2 rings (SSSR count). The summed E-state index contributed by atoms with van der Waals surface area (Å²) in [6.45, 7) is 15.3. The Kier molecular flexibility index (Phi) is 4.63.